The van der Waals surface area contributed by atoms with Gasteiger partial charge in [0.2, 0.25) is 5.91 Å². The molecule has 1 N–H and O–H groups in total. The number of likely N-dealkylation sites (N-methyl/N-ethyl adjacent to an activating group) is 1. The summed E-state index contributed by atoms with van der Waals surface area (Å²) in [5, 5.41) is 3.96. The molecule has 3 rings (SSSR count). The topological polar surface area (TPSA) is 37.3 Å². The second-order valence-corrected chi connectivity index (χ2v) is 5.88. The lowest BCUT2D eigenvalue weighted by Gasteiger charge is -2.22. The highest BCUT2D eigenvalue weighted by Crippen LogP contribution is 2.17. The van der Waals surface area contributed by atoms with Gasteiger partial charge in [0.15, 0.2) is 0 Å². The predicted octanol–water partition coefficient (Wildman–Crippen LogP) is 2.38. The molecule has 0 spiro atoms. The number of nitrogens with one attached hydrogen (secondary N) is 1. The van der Waals surface area contributed by atoms with Crippen molar-refractivity contribution in [2.75, 3.05) is 19.6 Å². The van der Waals surface area contributed by atoms with Gasteiger partial charge in [0.1, 0.15) is 12.4 Å². The van der Waals surface area contributed by atoms with Gasteiger partial charge in [-0.15, -0.1) is 0 Å². The molecule has 5 heteroatoms. The number of rotatable bonds is 5. The Kier molecular flexibility index (Phi) is 4.43. The van der Waals surface area contributed by atoms with Crippen molar-refractivity contribution >= 4 is 16.8 Å². The average molecular weight is 303 g/mol. The Bertz CT molecular complexity index is 667. The molecule has 0 saturated carbocycles. The van der Waals surface area contributed by atoms with Gasteiger partial charge < -0.3 is 9.88 Å². The van der Waals surface area contributed by atoms with Crippen LogP contribution in [0.2, 0.25) is 0 Å². The number of carbonyl (C=O) groups is 1. The number of halogens is 1. The van der Waals surface area contributed by atoms with Crippen molar-refractivity contribution in [3.05, 3.63) is 36.3 Å². The molecule has 1 atom stereocenters. The lowest BCUT2D eigenvalue weighted by molar-refractivity contribution is -0.121. The first-order chi connectivity index (χ1) is 10.7. The van der Waals surface area contributed by atoms with E-state index < -0.39 is 0 Å². The number of hydrogen-bond acceptors (Lipinski definition) is 2. The van der Waals surface area contributed by atoms with Crippen LogP contribution in [0.5, 0.6) is 0 Å². The number of likely N-dealkylation sites (tertiary alicyclic amines) is 1. The van der Waals surface area contributed by atoms with Crippen LogP contribution in [0, 0.1) is 5.82 Å². The highest BCUT2D eigenvalue weighted by molar-refractivity contribution is 5.83. The summed E-state index contributed by atoms with van der Waals surface area (Å²) in [7, 11) is 0. The molecule has 2 heterocycles. The van der Waals surface area contributed by atoms with Crippen LogP contribution in [-0.2, 0) is 11.3 Å². The molecule has 1 saturated heterocycles. The first-order valence-electron chi connectivity index (χ1n) is 7.92. The van der Waals surface area contributed by atoms with Gasteiger partial charge in [-0.1, -0.05) is 6.92 Å². The monoisotopic (exact) mass is 303 g/mol. The largest absolute Gasteiger partial charge is 0.353 e. The third-order valence-corrected chi connectivity index (χ3v) is 4.49. The molecule has 4 nitrogen and oxygen atoms in total. The van der Waals surface area contributed by atoms with Gasteiger partial charge in [0.25, 0.3) is 0 Å². The zero-order chi connectivity index (χ0) is 15.5. The fourth-order valence-electron chi connectivity index (χ4n) is 3.28. The quantitative estimate of drug-likeness (QED) is 0.921. The Balaban J connectivity index is 1.60. The van der Waals surface area contributed by atoms with Gasteiger partial charge in [-0.25, -0.2) is 4.39 Å². The molecule has 0 radical (unpaired) electrons. The molecule has 0 aliphatic carbocycles. The Labute approximate surface area is 129 Å². The van der Waals surface area contributed by atoms with E-state index in [0.717, 1.165) is 30.4 Å². The normalized spacial score (nSPS) is 18.9. The summed E-state index contributed by atoms with van der Waals surface area (Å²) in [5.74, 6) is -0.304. The van der Waals surface area contributed by atoms with E-state index in [-0.39, 0.29) is 18.3 Å². The second-order valence-electron chi connectivity index (χ2n) is 5.88. The maximum atomic E-state index is 13.3. The van der Waals surface area contributed by atoms with E-state index >= 15 is 0 Å². The highest BCUT2D eigenvalue weighted by atomic mass is 19.1. The number of fused-ring (bicyclic) bond motifs is 1. The van der Waals surface area contributed by atoms with E-state index in [4.69, 9.17) is 0 Å². The first-order valence-corrected chi connectivity index (χ1v) is 7.92. The molecule has 1 aliphatic heterocycles. The number of benzene rings is 1. The molecule has 0 bridgehead atoms. The van der Waals surface area contributed by atoms with Gasteiger partial charge in [0.05, 0.1) is 5.52 Å². The average Bonchev–Trinajstić information content (AvgIpc) is 3.12. The predicted molar refractivity (Wildman–Crippen MR) is 85.2 cm³/mol. The third kappa shape index (κ3) is 3.14. The van der Waals surface area contributed by atoms with E-state index in [0.29, 0.717) is 12.6 Å². The van der Waals surface area contributed by atoms with Crippen molar-refractivity contribution in [3.63, 3.8) is 0 Å². The van der Waals surface area contributed by atoms with Crippen molar-refractivity contribution in [2.24, 2.45) is 0 Å². The zero-order valence-corrected chi connectivity index (χ0v) is 12.9. The van der Waals surface area contributed by atoms with E-state index in [9.17, 15) is 9.18 Å². The van der Waals surface area contributed by atoms with E-state index in [2.05, 4.69) is 17.1 Å². The van der Waals surface area contributed by atoms with E-state index in [1.54, 1.807) is 10.6 Å². The first kappa shape index (κ1) is 15.0. The number of amides is 1. The Morgan fingerprint density at radius 2 is 2.27 bits per heavy atom. The van der Waals surface area contributed by atoms with Gasteiger partial charge in [-0.2, -0.15) is 0 Å². The second kappa shape index (κ2) is 6.48. The summed E-state index contributed by atoms with van der Waals surface area (Å²) in [6, 6.07) is 6.99. The Hall–Kier alpha value is -1.88. The van der Waals surface area contributed by atoms with E-state index in [1.807, 2.05) is 12.3 Å². The minimum absolute atomic E-state index is 0.0234. The minimum Gasteiger partial charge on any atom is -0.353 e. The van der Waals surface area contributed by atoms with E-state index in [1.165, 1.54) is 18.6 Å². The van der Waals surface area contributed by atoms with Crippen LogP contribution in [-0.4, -0.2) is 41.1 Å². The summed E-state index contributed by atoms with van der Waals surface area (Å²) >= 11 is 0. The summed E-state index contributed by atoms with van der Waals surface area (Å²) in [6.45, 7) is 5.23. The molecular weight excluding hydrogens is 281 g/mol. The van der Waals surface area contributed by atoms with Gasteiger partial charge in [-0.3, -0.25) is 9.69 Å². The molecular formula is C17H22FN3O. The molecule has 1 fully saturated rings. The van der Waals surface area contributed by atoms with Gasteiger partial charge in [0, 0.05) is 18.8 Å². The van der Waals surface area contributed by atoms with Gasteiger partial charge >= 0.3 is 0 Å². The molecule has 118 valence electrons. The fraction of sp³-hybridized carbons (Fsp3) is 0.471. The van der Waals surface area contributed by atoms with Gasteiger partial charge in [-0.05, 0) is 55.6 Å². The summed E-state index contributed by atoms with van der Waals surface area (Å²) in [5.41, 5.74) is 0.756. The smallest absolute Gasteiger partial charge is 0.239 e. The summed E-state index contributed by atoms with van der Waals surface area (Å²) < 4.78 is 15.1. The number of carbonyl (C=O) groups excluding carboxylic acids is 1. The van der Waals surface area contributed by atoms with Crippen LogP contribution in [0.3, 0.4) is 0 Å². The van der Waals surface area contributed by atoms with Crippen molar-refractivity contribution in [1.29, 1.82) is 0 Å². The molecule has 1 aromatic heterocycles. The number of aromatic nitrogens is 1. The standard InChI is InChI=1S/C17H22FN3O/c1-2-20-8-3-4-15(20)11-19-17(22)12-21-9-7-13-5-6-14(18)10-16(13)21/h5-7,9-10,15H,2-4,8,11-12H2,1H3,(H,19,22). The fourth-order valence-corrected chi connectivity index (χ4v) is 3.28. The van der Waals surface area contributed by atoms with Crippen LogP contribution >= 0.6 is 0 Å². The molecule has 2 aromatic rings. The van der Waals surface area contributed by atoms with Crippen molar-refractivity contribution < 1.29 is 9.18 Å². The van der Waals surface area contributed by atoms with Crippen LogP contribution in [0.1, 0.15) is 19.8 Å². The zero-order valence-electron chi connectivity index (χ0n) is 12.9. The van der Waals surface area contributed by atoms with Crippen molar-refractivity contribution in [1.82, 2.24) is 14.8 Å². The van der Waals surface area contributed by atoms with Crippen LogP contribution in [0.4, 0.5) is 4.39 Å². The molecule has 22 heavy (non-hydrogen) atoms. The lowest BCUT2D eigenvalue weighted by Crippen LogP contribution is -2.40. The number of nitrogens with zero attached hydrogens (tertiary/aromatic N) is 2. The molecule has 1 aromatic carbocycles. The van der Waals surface area contributed by atoms with Crippen molar-refractivity contribution in [2.45, 2.75) is 32.4 Å². The molecule has 1 aliphatic rings. The Morgan fingerprint density at radius 3 is 3.09 bits per heavy atom. The van der Waals surface area contributed by atoms with Crippen LogP contribution in [0.15, 0.2) is 30.5 Å². The summed E-state index contributed by atoms with van der Waals surface area (Å²) in [4.78, 5) is 14.6. The molecule has 1 unspecified atom stereocenters. The highest BCUT2D eigenvalue weighted by Gasteiger charge is 2.23. The maximum Gasteiger partial charge on any atom is 0.239 e. The third-order valence-electron chi connectivity index (χ3n) is 4.49. The lowest BCUT2D eigenvalue weighted by atomic mass is 10.2. The maximum absolute atomic E-state index is 13.3. The number of hydrogen-bond donors (Lipinski definition) is 1. The van der Waals surface area contributed by atoms with Crippen LogP contribution in [0.25, 0.3) is 10.9 Å². The minimum atomic E-state index is -0.280. The van der Waals surface area contributed by atoms with Crippen LogP contribution < -0.4 is 5.32 Å². The molecule has 1 amide bonds. The summed E-state index contributed by atoms with van der Waals surface area (Å²) in [6.07, 6.45) is 4.18. The SMILES string of the molecule is CCN1CCCC1CNC(=O)Cn1ccc2ccc(F)cc21. The Morgan fingerprint density at radius 1 is 1.41 bits per heavy atom. The van der Waals surface area contributed by atoms with Crippen molar-refractivity contribution in [3.8, 4) is 0 Å².